The second-order valence-corrected chi connectivity index (χ2v) is 5.93. The van der Waals surface area contributed by atoms with Gasteiger partial charge in [0, 0.05) is 24.9 Å². The Hall–Kier alpha value is -0.220. The molecule has 1 aliphatic rings. The second kappa shape index (κ2) is 7.96. The number of hydrogen-bond acceptors (Lipinski definition) is 3. The fourth-order valence-corrected chi connectivity index (χ4v) is 2.62. The Morgan fingerprint density at radius 2 is 1.81 bits per heavy atom. The van der Waals surface area contributed by atoms with Gasteiger partial charge >= 0.3 is 0 Å². The van der Waals surface area contributed by atoms with E-state index in [1.807, 2.05) is 4.90 Å². The van der Waals surface area contributed by atoms with Crippen LogP contribution in [0.25, 0.3) is 0 Å². The number of likely N-dealkylation sites (tertiary alicyclic amines) is 1. The van der Waals surface area contributed by atoms with Crippen molar-refractivity contribution >= 4 is 17.7 Å². The third-order valence-corrected chi connectivity index (χ3v) is 4.21. The lowest BCUT2D eigenvalue weighted by molar-refractivity contribution is -0.128. The van der Waals surface area contributed by atoms with Crippen LogP contribution in [-0.2, 0) is 4.79 Å². The molecule has 0 aromatic rings. The molecule has 1 unspecified atom stereocenters. The molecule has 0 aromatic heterocycles. The Morgan fingerprint density at radius 1 is 1.25 bits per heavy atom. The first-order valence-corrected chi connectivity index (χ1v) is 7.38. The molecule has 1 rings (SSSR count). The summed E-state index contributed by atoms with van der Waals surface area (Å²) in [5.74, 6) is 0.894. The summed E-state index contributed by atoms with van der Waals surface area (Å²) in [6.45, 7) is 4.64. The number of hydrogen-bond donors (Lipinski definition) is 1. The van der Waals surface area contributed by atoms with Crippen LogP contribution in [0.1, 0.15) is 39.0 Å². The SMILES string of the molecule is CC(CN)SCC(=O)N1CCCCCCC1. The van der Waals surface area contributed by atoms with Crippen molar-refractivity contribution in [2.24, 2.45) is 5.73 Å². The molecule has 1 saturated heterocycles. The molecule has 4 heteroatoms. The van der Waals surface area contributed by atoms with Gasteiger partial charge in [0.1, 0.15) is 0 Å². The zero-order valence-electron chi connectivity index (χ0n) is 10.3. The number of carbonyl (C=O) groups is 1. The van der Waals surface area contributed by atoms with Crippen LogP contribution in [0.15, 0.2) is 0 Å². The fourth-order valence-electron chi connectivity index (χ4n) is 1.87. The lowest BCUT2D eigenvalue weighted by Crippen LogP contribution is -2.35. The summed E-state index contributed by atoms with van der Waals surface area (Å²) >= 11 is 1.67. The smallest absolute Gasteiger partial charge is 0.232 e. The quantitative estimate of drug-likeness (QED) is 0.821. The molecule has 0 aliphatic carbocycles. The van der Waals surface area contributed by atoms with Crippen molar-refractivity contribution in [3.05, 3.63) is 0 Å². The van der Waals surface area contributed by atoms with E-state index in [1.54, 1.807) is 11.8 Å². The van der Waals surface area contributed by atoms with E-state index in [0.29, 0.717) is 23.5 Å². The van der Waals surface area contributed by atoms with E-state index in [2.05, 4.69) is 6.92 Å². The average molecular weight is 244 g/mol. The summed E-state index contributed by atoms with van der Waals surface area (Å²) in [6, 6.07) is 0. The van der Waals surface area contributed by atoms with Crippen LogP contribution in [0.4, 0.5) is 0 Å². The minimum absolute atomic E-state index is 0.298. The summed E-state index contributed by atoms with van der Waals surface area (Å²) in [5, 5.41) is 0.388. The van der Waals surface area contributed by atoms with Crippen LogP contribution >= 0.6 is 11.8 Å². The van der Waals surface area contributed by atoms with Gasteiger partial charge in [0.2, 0.25) is 5.91 Å². The minimum atomic E-state index is 0.298. The van der Waals surface area contributed by atoms with E-state index in [9.17, 15) is 4.79 Å². The molecule has 1 fully saturated rings. The van der Waals surface area contributed by atoms with Gasteiger partial charge in [-0.05, 0) is 12.8 Å². The predicted octanol–water partition coefficient (Wildman–Crippen LogP) is 1.86. The lowest BCUT2D eigenvalue weighted by Gasteiger charge is -2.25. The maximum absolute atomic E-state index is 11.9. The highest BCUT2D eigenvalue weighted by atomic mass is 32.2. The van der Waals surface area contributed by atoms with E-state index in [0.717, 1.165) is 13.1 Å². The maximum Gasteiger partial charge on any atom is 0.232 e. The Balaban J connectivity index is 2.27. The Bertz CT molecular complexity index is 203. The van der Waals surface area contributed by atoms with E-state index >= 15 is 0 Å². The Morgan fingerprint density at radius 3 is 2.38 bits per heavy atom. The van der Waals surface area contributed by atoms with E-state index in [4.69, 9.17) is 5.73 Å². The normalized spacial score (nSPS) is 20.0. The van der Waals surface area contributed by atoms with Gasteiger partial charge in [0.25, 0.3) is 0 Å². The number of nitrogens with two attached hydrogens (primary N) is 1. The largest absolute Gasteiger partial charge is 0.342 e. The molecule has 1 heterocycles. The highest BCUT2D eigenvalue weighted by Crippen LogP contribution is 2.14. The molecule has 1 aliphatic heterocycles. The van der Waals surface area contributed by atoms with Crippen LogP contribution in [-0.4, -0.2) is 41.4 Å². The summed E-state index contributed by atoms with van der Waals surface area (Å²) in [4.78, 5) is 14.0. The first kappa shape index (κ1) is 13.8. The average Bonchev–Trinajstić information content (AvgIpc) is 2.25. The molecule has 94 valence electrons. The van der Waals surface area contributed by atoms with Crippen LogP contribution in [0, 0.1) is 0 Å². The third-order valence-electron chi connectivity index (χ3n) is 3.03. The molecule has 1 atom stereocenters. The number of nitrogens with zero attached hydrogens (tertiary/aromatic N) is 1. The van der Waals surface area contributed by atoms with Gasteiger partial charge in [-0.25, -0.2) is 0 Å². The fraction of sp³-hybridized carbons (Fsp3) is 0.917. The van der Waals surface area contributed by atoms with Gasteiger partial charge < -0.3 is 10.6 Å². The van der Waals surface area contributed by atoms with E-state index < -0.39 is 0 Å². The summed E-state index contributed by atoms with van der Waals surface area (Å²) in [6.07, 6.45) is 6.22. The molecular weight excluding hydrogens is 220 g/mol. The molecule has 2 N–H and O–H groups in total. The van der Waals surface area contributed by atoms with Crippen molar-refractivity contribution in [1.29, 1.82) is 0 Å². The highest BCUT2D eigenvalue weighted by molar-refractivity contribution is 8.00. The summed E-state index contributed by atoms with van der Waals surface area (Å²) in [5.41, 5.74) is 5.54. The number of amides is 1. The van der Waals surface area contributed by atoms with Crippen molar-refractivity contribution in [3.8, 4) is 0 Å². The number of carbonyl (C=O) groups excluding carboxylic acids is 1. The van der Waals surface area contributed by atoms with Gasteiger partial charge in [-0.15, -0.1) is 11.8 Å². The van der Waals surface area contributed by atoms with Crippen molar-refractivity contribution in [3.63, 3.8) is 0 Å². The summed E-state index contributed by atoms with van der Waals surface area (Å²) < 4.78 is 0. The van der Waals surface area contributed by atoms with Gasteiger partial charge in [-0.1, -0.05) is 26.2 Å². The third kappa shape index (κ3) is 5.21. The molecule has 0 radical (unpaired) electrons. The molecule has 0 bridgehead atoms. The minimum Gasteiger partial charge on any atom is -0.342 e. The van der Waals surface area contributed by atoms with E-state index in [1.165, 1.54) is 32.1 Å². The molecular formula is C12H24N2OS. The zero-order chi connectivity index (χ0) is 11.8. The second-order valence-electron chi connectivity index (χ2n) is 4.51. The first-order valence-electron chi connectivity index (χ1n) is 6.33. The van der Waals surface area contributed by atoms with Crippen molar-refractivity contribution in [2.45, 2.75) is 44.3 Å². The number of thioether (sulfide) groups is 1. The standard InChI is InChI=1S/C12H24N2OS/c1-11(9-13)16-10-12(15)14-7-5-3-2-4-6-8-14/h11H,2-10,13H2,1H3. The molecule has 3 nitrogen and oxygen atoms in total. The topological polar surface area (TPSA) is 46.3 Å². The molecule has 16 heavy (non-hydrogen) atoms. The van der Waals surface area contributed by atoms with Gasteiger partial charge in [-0.2, -0.15) is 0 Å². The molecule has 1 amide bonds. The summed E-state index contributed by atoms with van der Waals surface area (Å²) in [7, 11) is 0. The number of rotatable bonds is 4. The maximum atomic E-state index is 11.9. The first-order chi connectivity index (χ1) is 7.74. The highest BCUT2D eigenvalue weighted by Gasteiger charge is 2.15. The van der Waals surface area contributed by atoms with Crippen molar-refractivity contribution in [2.75, 3.05) is 25.4 Å². The van der Waals surface area contributed by atoms with Crippen LogP contribution in [0.2, 0.25) is 0 Å². The van der Waals surface area contributed by atoms with Crippen molar-refractivity contribution in [1.82, 2.24) is 4.90 Å². The van der Waals surface area contributed by atoms with Gasteiger partial charge in [0.15, 0.2) is 0 Å². The van der Waals surface area contributed by atoms with Crippen molar-refractivity contribution < 1.29 is 4.79 Å². The van der Waals surface area contributed by atoms with Gasteiger partial charge in [-0.3, -0.25) is 4.79 Å². The lowest BCUT2D eigenvalue weighted by atomic mass is 10.1. The monoisotopic (exact) mass is 244 g/mol. The predicted molar refractivity (Wildman–Crippen MR) is 70.6 cm³/mol. The molecule has 0 saturated carbocycles. The Labute approximate surface area is 103 Å². The van der Waals surface area contributed by atoms with Crippen LogP contribution in [0.3, 0.4) is 0 Å². The Kier molecular flexibility index (Phi) is 6.88. The molecule has 0 spiro atoms. The van der Waals surface area contributed by atoms with E-state index in [-0.39, 0.29) is 0 Å². The van der Waals surface area contributed by atoms with Crippen LogP contribution < -0.4 is 5.73 Å². The van der Waals surface area contributed by atoms with Gasteiger partial charge in [0.05, 0.1) is 5.75 Å². The zero-order valence-corrected chi connectivity index (χ0v) is 11.1. The molecule has 0 aromatic carbocycles. The van der Waals surface area contributed by atoms with Crippen LogP contribution in [0.5, 0.6) is 0 Å².